The van der Waals surface area contributed by atoms with Crippen LogP contribution in [0, 0.1) is 24.7 Å². The van der Waals surface area contributed by atoms with Gasteiger partial charge >= 0.3 is 0 Å². The zero-order chi connectivity index (χ0) is 37.2. The number of carbonyl (C=O) groups excluding carboxylic acids is 1. The van der Waals surface area contributed by atoms with E-state index in [0.29, 0.717) is 54.2 Å². The highest BCUT2D eigenvalue weighted by atomic mass is 16.5. The lowest BCUT2D eigenvalue weighted by Gasteiger charge is -2.26. The average molecular weight is 708 g/mol. The number of allylic oxidation sites excluding steroid dienone is 1. The van der Waals surface area contributed by atoms with Gasteiger partial charge in [-0.2, -0.15) is 10.1 Å². The molecule has 10 heteroatoms. The highest BCUT2D eigenvalue weighted by molar-refractivity contribution is 6.04. The number of ether oxygens (including phenoxy) is 2. The van der Waals surface area contributed by atoms with Gasteiger partial charge in [-0.15, -0.1) is 6.42 Å². The molecule has 53 heavy (non-hydrogen) atoms. The molecule has 1 aliphatic heterocycles. The molecule has 0 atom stereocenters. The Morgan fingerprint density at radius 2 is 1.77 bits per heavy atom. The molecule has 2 heterocycles. The predicted molar refractivity (Wildman–Crippen MR) is 214 cm³/mol. The van der Waals surface area contributed by atoms with Crippen LogP contribution in [0.15, 0.2) is 102 Å². The second kappa shape index (κ2) is 17.0. The first-order valence-corrected chi connectivity index (χ1v) is 17.7. The van der Waals surface area contributed by atoms with Crippen LogP contribution < -0.4 is 20.8 Å². The Balaban J connectivity index is 1.17. The quantitative estimate of drug-likeness (QED) is 0.0679. The number of aryl methyl sites for hydroxylation is 1. The molecule has 1 aliphatic rings. The minimum absolute atomic E-state index is 0.189. The number of rotatable bonds is 12. The number of anilines is 3. The largest absolute Gasteiger partial charge is 0.438 e. The molecule has 0 bridgehead atoms. The van der Waals surface area contributed by atoms with Crippen LogP contribution in [0.1, 0.15) is 47.8 Å². The van der Waals surface area contributed by atoms with E-state index in [0.717, 1.165) is 47.4 Å². The van der Waals surface area contributed by atoms with Gasteiger partial charge in [-0.1, -0.05) is 80.8 Å². The van der Waals surface area contributed by atoms with E-state index in [4.69, 9.17) is 21.0 Å². The van der Waals surface area contributed by atoms with Crippen LogP contribution >= 0.6 is 0 Å². The summed E-state index contributed by atoms with van der Waals surface area (Å²) >= 11 is 0. The molecule has 0 saturated carbocycles. The van der Waals surface area contributed by atoms with Gasteiger partial charge in [0.25, 0.3) is 5.91 Å². The normalized spacial score (nSPS) is 13.8. The van der Waals surface area contributed by atoms with Gasteiger partial charge in [0.2, 0.25) is 11.8 Å². The third kappa shape index (κ3) is 10.1. The van der Waals surface area contributed by atoms with Crippen LogP contribution in [-0.4, -0.2) is 65.9 Å². The van der Waals surface area contributed by atoms with Crippen molar-refractivity contribution < 1.29 is 14.3 Å². The number of morpholine rings is 1. The monoisotopic (exact) mass is 707 g/mol. The Bertz CT molecular complexity index is 2160. The van der Waals surface area contributed by atoms with Crippen molar-refractivity contribution in [3.8, 4) is 24.0 Å². The van der Waals surface area contributed by atoms with Gasteiger partial charge in [0.1, 0.15) is 5.75 Å². The first kappa shape index (κ1) is 36.8. The maximum Gasteiger partial charge on any atom is 0.251 e. The Kier molecular flexibility index (Phi) is 11.8. The summed E-state index contributed by atoms with van der Waals surface area (Å²) in [4.78, 5) is 24.3. The van der Waals surface area contributed by atoms with Gasteiger partial charge in [-0.25, -0.2) is 4.98 Å². The molecule has 10 nitrogen and oxygen atoms in total. The summed E-state index contributed by atoms with van der Waals surface area (Å²) in [7, 11) is 0. The Hall–Kier alpha value is -6.02. The van der Waals surface area contributed by atoms with Gasteiger partial charge in [0.05, 0.1) is 24.6 Å². The van der Waals surface area contributed by atoms with E-state index in [1.165, 1.54) is 5.56 Å². The molecule has 270 valence electrons. The van der Waals surface area contributed by atoms with E-state index in [-0.39, 0.29) is 11.3 Å². The summed E-state index contributed by atoms with van der Waals surface area (Å²) in [5, 5.41) is 12.9. The van der Waals surface area contributed by atoms with E-state index in [1.807, 2.05) is 42.5 Å². The highest BCUT2D eigenvalue weighted by Gasteiger charge is 2.18. The standard InChI is InChI=1S/C43H45N7O3/c1-6-31-27-33(41(51)44-21-22-50-23-25-52-26-24-50)29-35(28-31)46-42-45-20-19-40(47-42)53-38-17-13-32(36-9-7-8-10-37(36)38)14-18-39(43(3,4)5)49-48-34-15-11-30(2)12-16-34/h1,7-20,27-29,48H,21-26H2,2-5H3,(H,44,51)(H,45,46,47)/b18-14?,49-39+. The van der Waals surface area contributed by atoms with Crippen LogP contribution in [0.25, 0.3) is 16.8 Å². The van der Waals surface area contributed by atoms with Crippen molar-refractivity contribution in [2.24, 2.45) is 10.5 Å². The predicted octanol–water partition coefficient (Wildman–Crippen LogP) is 8.04. The van der Waals surface area contributed by atoms with Crippen LogP contribution in [0.3, 0.4) is 0 Å². The van der Waals surface area contributed by atoms with E-state index in [2.05, 4.69) is 94.9 Å². The second-order valence-electron chi connectivity index (χ2n) is 13.9. The minimum Gasteiger partial charge on any atom is -0.438 e. The van der Waals surface area contributed by atoms with Crippen LogP contribution in [0.4, 0.5) is 17.3 Å². The van der Waals surface area contributed by atoms with Crippen molar-refractivity contribution in [1.82, 2.24) is 20.2 Å². The third-order valence-electron chi connectivity index (χ3n) is 8.74. The molecule has 1 fully saturated rings. The molecule has 0 spiro atoms. The third-order valence-corrected chi connectivity index (χ3v) is 8.74. The van der Waals surface area contributed by atoms with Crippen LogP contribution in [-0.2, 0) is 4.74 Å². The number of terminal acetylenes is 1. The van der Waals surface area contributed by atoms with E-state index < -0.39 is 0 Å². The minimum atomic E-state index is -0.206. The number of hydrogen-bond acceptors (Lipinski definition) is 9. The van der Waals surface area contributed by atoms with Gasteiger partial charge in [-0.05, 0) is 60.3 Å². The second-order valence-corrected chi connectivity index (χ2v) is 13.9. The molecule has 1 saturated heterocycles. The number of benzene rings is 4. The fourth-order valence-electron chi connectivity index (χ4n) is 5.78. The molecule has 5 aromatic rings. The highest BCUT2D eigenvalue weighted by Crippen LogP contribution is 2.33. The summed E-state index contributed by atoms with van der Waals surface area (Å²) in [5.74, 6) is 3.74. The fraction of sp³-hybridized carbons (Fsp3) is 0.256. The lowest BCUT2D eigenvalue weighted by atomic mass is 9.89. The Morgan fingerprint density at radius 3 is 2.53 bits per heavy atom. The van der Waals surface area contributed by atoms with E-state index >= 15 is 0 Å². The molecule has 1 amide bonds. The lowest BCUT2D eigenvalue weighted by Crippen LogP contribution is -2.41. The zero-order valence-corrected chi connectivity index (χ0v) is 30.6. The Morgan fingerprint density at radius 1 is 1.00 bits per heavy atom. The molecule has 0 unspecified atom stereocenters. The first-order chi connectivity index (χ1) is 25.6. The average Bonchev–Trinajstić information content (AvgIpc) is 3.16. The molecular formula is C43H45N7O3. The summed E-state index contributed by atoms with van der Waals surface area (Å²) in [6.45, 7) is 12.9. The van der Waals surface area contributed by atoms with Crippen molar-refractivity contribution >= 4 is 45.8 Å². The maximum absolute atomic E-state index is 13.0. The molecule has 3 N–H and O–H groups in total. The number of amides is 1. The lowest BCUT2D eigenvalue weighted by molar-refractivity contribution is 0.0383. The summed E-state index contributed by atoms with van der Waals surface area (Å²) in [6, 6.07) is 27.1. The first-order valence-electron chi connectivity index (χ1n) is 17.7. The molecule has 0 radical (unpaired) electrons. The number of nitrogens with one attached hydrogen (secondary N) is 3. The molecule has 4 aromatic carbocycles. The van der Waals surface area contributed by atoms with Gasteiger partial charge < -0.3 is 20.1 Å². The maximum atomic E-state index is 13.0. The topological polar surface area (TPSA) is 113 Å². The zero-order valence-electron chi connectivity index (χ0n) is 30.6. The molecular weight excluding hydrogens is 663 g/mol. The molecule has 0 aliphatic carbocycles. The SMILES string of the molecule is C#Cc1cc(Nc2nccc(Oc3ccc(C=C/C(=N\Nc4ccc(C)cc4)C(C)(C)C)c4ccccc34)n2)cc(C(=O)NCCN2CCOCC2)c1. The smallest absolute Gasteiger partial charge is 0.251 e. The summed E-state index contributed by atoms with van der Waals surface area (Å²) in [6.07, 6.45) is 11.5. The van der Waals surface area contributed by atoms with Crippen molar-refractivity contribution in [3.63, 3.8) is 0 Å². The number of hydrazone groups is 1. The number of aromatic nitrogens is 2. The summed E-state index contributed by atoms with van der Waals surface area (Å²) < 4.78 is 11.7. The van der Waals surface area contributed by atoms with Crippen molar-refractivity contribution in [2.75, 3.05) is 50.1 Å². The van der Waals surface area contributed by atoms with Crippen molar-refractivity contribution in [3.05, 3.63) is 119 Å². The number of nitrogens with zero attached hydrogens (tertiary/aromatic N) is 4. The van der Waals surface area contributed by atoms with Gasteiger partial charge in [-0.3, -0.25) is 15.1 Å². The van der Waals surface area contributed by atoms with Crippen molar-refractivity contribution in [2.45, 2.75) is 27.7 Å². The fourth-order valence-corrected chi connectivity index (χ4v) is 5.78. The van der Waals surface area contributed by atoms with E-state index in [1.54, 1.807) is 30.5 Å². The van der Waals surface area contributed by atoms with Crippen LogP contribution in [0.2, 0.25) is 0 Å². The summed E-state index contributed by atoms with van der Waals surface area (Å²) in [5.41, 5.74) is 8.68. The van der Waals surface area contributed by atoms with Crippen LogP contribution in [0.5, 0.6) is 11.6 Å². The van der Waals surface area contributed by atoms with Gasteiger partial charge in [0, 0.05) is 66.1 Å². The molecule has 1 aromatic heterocycles. The number of fused-ring (bicyclic) bond motifs is 1. The van der Waals surface area contributed by atoms with Gasteiger partial charge in [0.15, 0.2) is 0 Å². The Labute approximate surface area is 311 Å². The number of hydrogen-bond donors (Lipinski definition) is 3. The molecule has 6 rings (SSSR count). The van der Waals surface area contributed by atoms with Crippen molar-refractivity contribution in [1.29, 1.82) is 0 Å². The van der Waals surface area contributed by atoms with E-state index in [9.17, 15) is 4.79 Å². The number of carbonyl (C=O) groups is 1.